The number of nitrogen functional groups attached to an aromatic ring is 1. The lowest BCUT2D eigenvalue weighted by atomic mass is 10.1. The molecule has 1 aliphatic heterocycles. The van der Waals surface area contributed by atoms with Crippen molar-refractivity contribution in [3.8, 4) is 0 Å². The van der Waals surface area contributed by atoms with E-state index in [9.17, 15) is 4.79 Å². The Hall–Kier alpha value is -1.55. The van der Waals surface area contributed by atoms with Crippen molar-refractivity contribution in [1.29, 1.82) is 0 Å². The fourth-order valence-corrected chi connectivity index (χ4v) is 2.54. The van der Waals surface area contributed by atoms with Crippen molar-refractivity contribution in [3.63, 3.8) is 0 Å². The summed E-state index contributed by atoms with van der Waals surface area (Å²) in [5.41, 5.74) is 7.59. The number of carbonyl (C=O) groups is 1. The van der Waals surface area contributed by atoms with Crippen molar-refractivity contribution in [2.24, 2.45) is 0 Å². The van der Waals surface area contributed by atoms with E-state index in [1.54, 1.807) is 0 Å². The second-order valence-electron chi connectivity index (χ2n) is 5.30. The van der Waals surface area contributed by atoms with Crippen molar-refractivity contribution in [3.05, 3.63) is 29.8 Å². The molecule has 0 saturated carbocycles. The van der Waals surface area contributed by atoms with Crippen LogP contribution in [0.3, 0.4) is 0 Å². The van der Waals surface area contributed by atoms with Crippen LogP contribution in [0, 0.1) is 0 Å². The van der Waals surface area contributed by atoms with Gasteiger partial charge in [0.1, 0.15) is 0 Å². The zero-order chi connectivity index (χ0) is 13.8. The number of morpholine rings is 1. The smallest absolute Gasteiger partial charge is 0.223 e. The normalized spacial score (nSPS) is 23.4. The highest BCUT2D eigenvalue weighted by molar-refractivity contribution is 5.76. The molecule has 4 heteroatoms. The summed E-state index contributed by atoms with van der Waals surface area (Å²) in [4.78, 5) is 14.1. The maximum absolute atomic E-state index is 12.2. The molecule has 2 N–H and O–H groups in total. The predicted octanol–water partition coefficient (Wildman–Crippen LogP) is 1.84. The van der Waals surface area contributed by atoms with Crippen LogP contribution in [-0.4, -0.2) is 36.1 Å². The molecule has 1 amide bonds. The van der Waals surface area contributed by atoms with Crippen LogP contribution < -0.4 is 5.73 Å². The number of nitrogens with two attached hydrogens (primary N) is 1. The quantitative estimate of drug-likeness (QED) is 0.846. The van der Waals surface area contributed by atoms with E-state index in [4.69, 9.17) is 10.5 Å². The van der Waals surface area contributed by atoms with Crippen LogP contribution in [0.5, 0.6) is 0 Å². The lowest BCUT2D eigenvalue weighted by Gasteiger charge is -2.35. The van der Waals surface area contributed by atoms with Crippen LogP contribution >= 0.6 is 0 Å². The van der Waals surface area contributed by atoms with Crippen molar-refractivity contribution in [2.75, 3.05) is 18.8 Å². The average Bonchev–Trinajstić information content (AvgIpc) is 2.35. The van der Waals surface area contributed by atoms with Crippen molar-refractivity contribution in [1.82, 2.24) is 4.90 Å². The molecule has 0 aromatic heterocycles. The van der Waals surface area contributed by atoms with Gasteiger partial charge in [-0.15, -0.1) is 0 Å². The summed E-state index contributed by atoms with van der Waals surface area (Å²) in [6, 6.07) is 7.72. The van der Waals surface area contributed by atoms with E-state index in [-0.39, 0.29) is 18.1 Å². The van der Waals surface area contributed by atoms with E-state index >= 15 is 0 Å². The first-order chi connectivity index (χ1) is 9.04. The van der Waals surface area contributed by atoms with E-state index in [0.717, 1.165) is 17.7 Å². The molecule has 0 unspecified atom stereocenters. The Balaban J connectivity index is 1.87. The van der Waals surface area contributed by atoms with Crippen LogP contribution in [0.25, 0.3) is 0 Å². The first kappa shape index (κ1) is 13.9. The maximum Gasteiger partial charge on any atom is 0.223 e. The number of carbonyl (C=O) groups excluding carboxylic acids is 1. The van der Waals surface area contributed by atoms with Gasteiger partial charge in [0.25, 0.3) is 0 Å². The minimum Gasteiger partial charge on any atom is -0.399 e. The van der Waals surface area contributed by atoms with Crippen LogP contribution in [0.1, 0.15) is 25.8 Å². The summed E-state index contributed by atoms with van der Waals surface area (Å²) >= 11 is 0. The summed E-state index contributed by atoms with van der Waals surface area (Å²) in [6.45, 7) is 5.40. The average molecular weight is 262 g/mol. The molecule has 1 heterocycles. The zero-order valence-electron chi connectivity index (χ0n) is 11.6. The topological polar surface area (TPSA) is 55.6 Å². The zero-order valence-corrected chi connectivity index (χ0v) is 11.6. The molecule has 0 spiro atoms. The molecule has 1 saturated heterocycles. The Labute approximate surface area is 114 Å². The molecule has 0 bridgehead atoms. The van der Waals surface area contributed by atoms with E-state index in [1.165, 1.54) is 0 Å². The molecule has 0 aliphatic carbocycles. The Morgan fingerprint density at radius 2 is 2.05 bits per heavy atom. The minimum atomic E-state index is 0.125. The molecule has 1 aliphatic rings. The molecule has 19 heavy (non-hydrogen) atoms. The van der Waals surface area contributed by atoms with Gasteiger partial charge in [-0.05, 0) is 38.0 Å². The van der Waals surface area contributed by atoms with Gasteiger partial charge >= 0.3 is 0 Å². The third-order valence-corrected chi connectivity index (χ3v) is 3.35. The molecule has 0 radical (unpaired) electrons. The van der Waals surface area contributed by atoms with Crippen LogP contribution in [0.15, 0.2) is 24.3 Å². The summed E-state index contributed by atoms with van der Waals surface area (Å²) in [6.07, 6.45) is 1.52. The van der Waals surface area contributed by atoms with E-state index in [1.807, 2.05) is 43.0 Å². The van der Waals surface area contributed by atoms with Gasteiger partial charge in [-0.3, -0.25) is 4.79 Å². The summed E-state index contributed by atoms with van der Waals surface area (Å²) < 4.78 is 5.63. The number of ether oxygens (including phenoxy) is 1. The molecular formula is C15H22N2O2. The highest BCUT2D eigenvalue weighted by atomic mass is 16.5. The van der Waals surface area contributed by atoms with Gasteiger partial charge in [0.15, 0.2) is 0 Å². The largest absolute Gasteiger partial charge is 0.399 e. The van der Waals surface area contributed by atoms with Gasteiger partial charge in [0, 0.05) is 25.2 Å². The predicted molar refractivity (Wildman–Crippen MR) is 75.8 cm³/mol. The van der Waals surface area contributed by atoms with Crippen LogP contribution in [0.4, 0.5) is 5.69 Å². The first-order valence-electron chi connectivity index (χ1n) is 6.82. The minimum absolute atomic E-state index is 0.125. The lowest BCUT2D eigenvalue weighted by Crippen LogP contribution is -2.48. The molecule has 1 fully saturated rings. The highest BCUT2D eigenvalue weighted by Gasteiger charge is 2.25. The Morgan fingerprint density at radius 1 is 1.37 bits per heavy atom. The second-order valence-corrected chi connectivity index (χ2v) is 5.30. The van der Waals surface area contributed by atoms with Crippen molar-refractivity contribution >= 4 is 11.6 Å². The summed E-state index contributed by atoms with van der Waals surface area (Å²) in [7, 11) is 0. The first-order valence-corrected chi connectivity index (χ1v) is 6.82. The number of aryl methyl sites for hydroxylation is 1. The number of hydrogen-bond acceptors (Lipinski definition) is 3. The molecule has 2 atom stereocenters. The summed E-state index contributed by atoms with van der Waals surface area (Å²) in [5, 5.41) is 0. The third kappa shape index (κ3) is 3.96. The van der Waals surface area contributed by atoms with Gasteiger partial charge < -0.3 is 15.4 Å². The number of amides is 1. The SMILES string of the molecule is C[C@@H]1CN(C(=O)CCc2cccc(N)c2)C[C@H](C)O1. The fraction of sp³-hybridized carbons (Fsp3) is 0.533. The van der Waals surface area contributed by atoms with E-state index < -0.39 is 0 Å². The van der Waals surface area contributed by atoms with Crippen molar-refractivity contribution < 1.29 is 9.53 Å². The third-order valence-electron chi connectivity index (χ3n) is 3.35. The molecule has 1 aromatic carbocycles. The molecule has 1 aromatic rings. The molecule has 2 rings (SSSR count). The van der Waals surface area contributed by atoms with E-state index in [0.29, 0.717) is 19.5 Å². The highest BCUT2D eigenvalue weighted by Crippen LogP contribution is 2.14. The number of nitrogens with zero attached hydrogens (tertiary/aromatic N) is 1. The Kier molecular flexibility index (Phi) is 4.43. The van der Waals surface area contributed by atoms with Crippen LogP contribution in [0.2, 0.25) is 0 Å². The maximum atomic E-state index is 12.2. The van der Waals surface area contributed by atoms with Crippen molar-refractivity contribution in [2.45, 2.75) is 38.9 Å². The standard InChI is InChI=1S/C15H22N2O2/c1-11-9-17(10-12(2)19-11)15(18)7-6-13-4-3-5-14(16)8-13/h3-5,8,11-12H,6-7,9-10,16H2,1-2H3/t11-,12+. The van der Waals surface area contributed by atoms with Gasteiger partial charge in [-0.2, -0.15) is 0 Å². The van der Waals surface area contributed by atoms with Gasteiger partial charge in [0.05, 0.1) is 12.2 Å². The van der Waals surface area contributed by atoms with E-state index in [2.05, 4.69) is 0 Å². The van der Waals surface area contributed by atoms with Crippen LogP contribution in [-0.2, 0) is 16.0 Å². The van der Waals surface area contributed by atoms with Gasteiger partial charge in [-0.1, -0.05) is 12.1 Å². The number of rotatable bonds is 3. The van der Waals surface area contributed by atoms with Gasteiger partial charge in [-0.25, -0.2) is 0 Å². The number of hydrogen-bond donors (Lipinski definition) is 1. The molecule has 4 nitrogen and oxygen atoms in total. The Morgan fingerprint density at radius 3 is 2.68 bits per heavy atom. The Bertz CT molecular complexity index is 438. The number of anilines is 1. The molecule has 104 valence electrons. The second kappa shape index (κ2) is 6.06. The number of benzene rings is 1. The van der Waals surface area contributed by atoms with Gasteiger partial charge in [0.2, 0.25) is 5.91 Å². The molecular weight excluding hydrogens is 240 g/mol. The fourth-order valence-electron chi connectivity index (χ4n) is 2.54. The monoisotopic (exact) mass is 262 g/mol. The lowest BCUT2D eigenvalue weighted by molar-refractivity contribution is -0.143. The summed E-state index contributed by atoms with van der Waals surface area (Å²) in [5.74, 6) is 0.199.